The largest absolute Gasteiger partial charge is 0.362 e. The van der Waals surface area contributed by atoms with E-state index >= 15 is 0 Å². The zero-order valence-corrected chi connectivity index (χ0v) is 9.08. The van der Waals surface area contributed by atoms with Gasteiger partial charge in [0, 0.05) is 0 Å². The third-order valence-electron chi connectivity index (χ3n) is 1.50. The van der Waals surface area contributed by atoms with E-state index in [1.165, 1.54) is 19.3 Å². The molecule has 0 atom stereocenters. The third kappa shape index (κ3) is 18.5. The van der Waals surface area contributed by atoms with Gasteiger partial charge in [0.2, 0.25) is 6.29 Å². The van der Waals surface area contributed by atoms with E-state index in [2.05, 4.69) is 20.8 Å². The molecule has 0 amide bonds. The number of hydrogen-bond donors (Lipinski definition) is 2. The second-order valence-corrected chi connectivity index (χ2v) is 3.52. The van der Waals surface area contributed by atoms with Crippen LogP contribution < -0.4 is 0 Å². The van der Waals surface area contributed by atoms with E-state index in [1.807, 2.05) is 0 Å². The van der Waals surface area contributed by atoms with Gasteiger partial charge >= 0.3 is 0 Å². The molecule has 0 saturated carbocycles. The standard InChI is InChI=1S/C7H16.C3H6O3/c1-4-5-6-7(2)3;1-2(4)3(5)6/h7H,4-6H2,1-3H3;3,5-6H,1H3. The molecule has 0 aromatic carbocycles. The van der Waals surface area contributed by atoms with Gasteiger partial charge in [-0.25, -0.2) is 0 Å². The lowest BCUT2D eigenvalue weighted by Gasteiger charge is -1.98. The highest BCUT2D eigenvalue weighted by atomic mass is 16.5. The summed E-state index contributed by atoms with van der Waals surface area (Å²) in [6, 6.07) is 0. The zero-order chi connectivity index (χ0) is 10.9. The lowest BCUT2D eigenvalue weighted by molar-refractivity contribution is -0.142. The Bertz CT molecular complexity index is 119. The summed E-state index contributed by atoms with van der Waals surface area (Å²) >= 11 is 0. The summed E-state index contributed by atoms with van der Waals surface area (Å²) in [4.78, 5) is 9.64. The Morgan fingerprint density at radius 3 is 1.77 bits per heavy atom. The minimum absolute atomic E-state index is 0.630. The molecule has 0 aromatic rings. The zero-order valence-electron chi connectivity index (χ0n) is 9.08. The molecule has 3 heteroatoms. The average molecular weight is 190 g/mol. The van der Waals surface area contributed by atoms with Crippen LogP contribution in [0.25, 0.3) is 0 Å². The first-order chi connectivity index (χ1) is 5.91. The Kier molecular flexibility index (Phi) is 11.2. The lowest BCUT2D eigenvalue weighted by atomic mass is 10.1. The summed E-state index contributed by atoms with van der Waals surface area (Å²) in [5.41, 5.74) is 0. The average Bonchev–Trinajstić information content (AvgIpc) is 2.01. The van der Waals surface area contributed by atoms with Gasteiger partial charge in [0.05, 0.1) is 0 Å². The molecule has 0 saturated heterocycles. The van der Waals surface area contributed by atoms with Crippen LogP contribution in [0, 0.1) is 5.92 Å². The van der Waals surface area contributed by atoms with Gasteiger partial charge in [0.25, 0.3) is 0 Å². The topological polar surface area (TPSA) is 57.5 Å². The van der Waals surface area contributed by atoms with Gasteiger partial charge in [0.15, 0.2) is 5.78 Å². The van der Waals surface area contributed by atoms with Crippen LogP contribution in [0.15, 0.2) is 0 Å². The molecule has 0 heterocycles. The molecule has 0 bridgehead atoms. The van der Waals surface area contributed by atoms with E-state index in [4.69, 9.17) is 10.2 Å². The normalized spacial score (nSPS) is 9.85. The molecule has 0 aliphatic carbocycles. The molecule has 0 radical (unpaired) electrons. The van der Waals surface area contributed by atoms with E-state index in [9.17, 15) is 4.79 Å². The van der Waals surface area contributed by atoms with E-state index in [0.29, 0.717) is 0 Å². The first-order valence-electron chi connectivity index (χ1n) is 4.78. The minimum Gasteiger partial charge on any atom is -0.362 e. The molecule has 3 nitrogen and oxygen atoms in total. The maximum Gasteiger partial charge on any atom is 0.212 e. The van der Waals surface area contributed by atoms with Gasteiger partial charge < -0.3 is 10.2 Å². The summed E-state index contributed by atoms with van der Waals surface area (Å²) < 4.78 is 0. The molecule has 80 valence electrons. The summed E-state index contributed by atoms with van der Waals surface area (Å²) in [5.74, 6) is 0.273. The fourth-order valence-corrected chi connectivity index (χ4v) is 0.612. The predicted octanol–water partition coefficient (Wildman–Crippen LogP) is 1.72. The number of Topliss-reactive ketones (excluding diaryl/α,β-unsaturated/α-hetero) is 1. The van der Waals surface area contributed by atoms with Crippen LogP contribution in [0.1, 0.15) is 47.0 Å². The quantitative estimate of drug-likeness (QED) is 0.664. The van der Waals surface area contributed by atoms with Crippen molar-refractivity contribution in [3.8, 4) is 0 Å². The molecular formula is C10H22O3. The number of ketones is 1. The monoisotopic (exact) mass is 190 g/mol. The Labute approximate surface area is 80.8 Å². The Hall–Kier alpha value is -0.410. The highest BCUT2D eigenvalue weighted by molar-refractivity contribution is 5.78. The minimum atomic E-state index is -1.79. The predicted molar refractivity (Wildman–Crippen MR) is 53.3 cm³/mol. The van der Waals surface area contributed by atoms with Crippen molar-refractivity contribution in [3.63, 3.8) is 0 Å². The van der Waals surface area contributed by atoms with Gasteiger partial charge in [-0.2, -0.15) is 0 Å². The molecule has 0 rings (SSSR count). The van der Waals surface area contributed by atoms with Crippen LogP contribution in [0.3, 0.4) is 0 Å². The molecule has 2 N–H and O–H groups in total. The van der Waals surface area contributed by atoms with Gasteiger partial charge in [-0.05, 0) is 12.8 Å². The molecule has 0 unspecified atom stereocenters. The summed E-state index contributed by atoms with van der Waals surface area (Å²) in [7, 11) is 0. The first-order valence-corrected chi connectivity index (χ1v) is 4.78. The summed E-state index contributed by atoms with van der Waals surface area (Å²) in [6.45, 7) is 7.89. The molecule has 0 fully saturated rings. The van der Waals surface area contributed by atoms with E-state index in [1.54, 1.807) is 0 Å². The number of carbonyl (C=O) groups excluding carboxylic acids is 1. The highest BCUT2D eigenvalue weighted by Gasteiger charge is 1.99. The molecule has 0 aliphatic rings. The van der Waals surface area contributed by atoms with Crippen LogP contribution in [-0.4, -0.2) is 22.3 Å². The van der Waals surface area contributed by atoms with E-state index in [-0.39, 0.29) is 0 Å². The van der Waals surface area contributed by atoms with Crippen LogP contribution in [0.5, 0.6) is 0 Å². The number of carbonyl (C=O) groups is 1. The fourth-order valence-electron chi connectivity index (χ4n) is 0.612. The van der Waals surface area contributed by atoms with Gasteiger partial charge in [0.1, 0.15) is 0 Å². The van der Waals surface area contributed by atoms with Crippen molar-refractivity contribution < 1.29 is 15.0 Å². The van der Waals surface area contributed by atoms with Crippen molar-refractivity contribution in [2.75, 3.05) is 0 Å². The molecule has 13 heavy (non-hydrogen) atoms. The molecule has 0 aliphatic heterocycles. The molecule has 0 aromatic heterocycles. The maximum atomic E-state index is 9.64. The smallest absolute Gasteiger partial charge is 0.212 e. The van der Waals surface area contributed by atoms with Crippen LogP contribution >= 0.6 is 0 Å². The van der Waals surface area contributed by atoms with Crippen LogP contribution in [0.4, 0.5) is 0 Å². The summed E-state index contributed by atoms with van der Waals surface area (Å²) in [6.07, 6.45) is 2.36. The molecule has 0 spiro atoms. The fraction of sp³-hybridized carbons (Fsp3) is 0.900. The number of unbranched alkanes of at least 4 members (excludes halogenated alkanes) is 1. The Morgan fingerprint density at radius 1 is 1.31 bits per heavy atom. The number of rotatable bonds is 4. The van der Waals surface area contributed by atoms with Crippen molar-refractivity contribution in [2.45, 2.75) is 53.2 Å². The first kappa shape index (κ1) is 15.1. The Balaban J connectivity index is 0. The van der Waals surface area contributed by atoms with Gasteiger partial charge in [-0.15, -0.1) is 0 Å². The van der Waals surface area contributed by atoms with Crippen molar-refractivity contribution in [1.82, 2.24) is 0 Å². The summed E-state index contributed by atoms with van der Waals surface area (Å²) in [5, 5.41) is 15.7. The second kappa shape index (κ2) is 9.68. The SMILES string of the molecule is CC(=O)C(O)O.CCCCC(C)C. The molecular weight excluding hydrogens is 168 g/mol. The second-order valence-electron chi connectivity index (χ2n) is 3.52. The van der Waals surface area contributed by atoms with E-state index < -0.39 is 12.1 Å². The van der Waals surface area contributed by atoms with Crippen molar-refractivity contribution in [3.05, 3.63) is 0 Å². The van der Waals surface area contributed by atoms with Crippen molar-refractivity contribution >= 4 is 5.78 Å². The maximum absolute atomic E-state index is 9.64. The number of aliphatic hydroxyl groups excluding tert-OH is 1. The van der Waals surface area contributed by atoms with Crippen LogP contribution in [-0.2, 0) is 4.79 Å². The van der Waals surface area contributed by atoms with Crippen LogP contribution in [0.2, 0.25) is 0 Å². The van der Waals surface area contributed by atoms with Crippen molar-refractivity contribution in [1.29, 1.82) is 0 Å². The third-order valence-corrected chi connectivity index (χ3v) is 1.50. The highest BCUT2D eigenvalue weighted by Crippen LogP contribution is 2.04. The van der Waals surface area contributed by atoms with Crippen molar-refractivity contribution in [2.24, 2.45) is 5.92 Å². The number of aliphatic hydroxyl groups is 2. The van der Waals surface area contributed by atoms with Gasteiger partial charge in [-0.3, -0.25) is 4.79 Å². The van der Waals surface area contributed by atoms with Gasteiger partial charge in [-0.1, -0.05) is 40.0 Å². The van der Waals surface area contributed by atoms with E-state index in [0.717, 1.165) is 12.8 Å². The Morgan fingerprint density at radius 2 is 1.69 bits per heavy atom. The number of hydrogen-bond acceptors (Lipinski definition) is 3. The lowest BCUT2D eigenvalue weighted by Crippen LogP contribution is -2.14.